The fourth-order valence-electron chi connectivity index (χ4n) is 7.17. The number of quaternary nitrogens is 1. The monoisotopic (exact) mass is 882 g/mol. The molecule has 0 fully saturated rings. The van der Waals surface area contributed by atoms with Crippen molar-refractivity contribution in [2.45, 2.75) is 219 Å². The highest BCUT2D eigenvalue weighted by atomic mass is 16.6. The van der Waals surface area contributed by atoms with Crippen molar-refractivity contribution in [3.63, 3.8) is 0 Å². The second-order valence-corrected chi connectivity index (χ2v) is 18.1. The maximum Gasteiger partial charge on any atom is 0.306 e. The molecule has 362 valence electrons. The van der Waals surface area contributed by atoms with E-state index in [-0.39, 0.29) is 49.1 Å². The number of allylic oxidation sites excluding steroid dienone is 12. The molecule has 0 bridgehead atoms. The molecule has 0 saturated heterocycles. The number of carboxylic acid groups (broad SMARTS) is 1. The smallest absolute Gasteiger partial charge is 0.306 e. The summed E-state index contributed by atoms with van der Waals surface area (Å²) in [6.07, 6.45) is 57.9. The molecular formula is C55H95NO7. The number of likely N-dealkylation sites (N-methyl/N-ethyl adjacent to an activating group) is 1. The van der Waals surface area contributed by atoms with Gasteiger partial charge in [0.15, 0.2) is 6.10 Å². The van der Waals surface area contributed by atoms with Gasteiger partial charge in [0.25, 0.3) is 0 Å². The number of esters is 2. The van der Waals surface area contributed by atoms with Gasteiger partial charge in [0, 0.05) is 19.3 Å². The summed E-state index contributed by atoms with van der Waals surface area (Å²) in [5.41, 5.74) is 0. The van der Waals surface area contributed by atoms with Crippen molar-refractivity contribution >= 4 is 17.9 Å². The van der Waals surface area contributed by atoms with Gasteiger partial charge in [-0.15, -0.1) is 0 Å². The lowest BCUT2D eigenvalue weighted by Gasteiger charge is -2.34. The zero-order valence-corrected chi connectivity index (χ0v) is 41.2. The van der Waals surface area contributed by atoms with Crippen LogP contribution in [0.25, 0.3) is 0 Å². The minimum Gasteiger partial charge on any atom is -0.544 e. The molecule has 0 aliphatic heterocycles. The Balaban J connectivity index is 4.27. The number of rotatable bonds is 45. The van der Waals surface area contributed by atoms with Gasteiger partial charge in [0.05, 0.1) is 40.3 Å². The summed E-state index contributed by atoms with van der Waals surface area (Å²) in [5.74, 6) is -1.78. The van der Waals surface area contributed by atoms with E-state index in [1.807, 2.05) is 0 Å². The number of carboxylic acids is 1. The fraction of sp³-hybridized carbons (Fsp3) is 0.727. The van der Waals surface area contributed by atoms with Crippen molar-refractivity contribution in [1.82, 2.24) is 0 Å². The van der Waals surface area contributed by atoms with E-state index in [4.69, 9.17) is 14.2 Å². The number of carbonyl (C=O) groups excluding carboxylic acids is 3. The van der Waals surface area contributed by atoms with E-state index in [0.717, 1.165) is 77.0 Å². The van der Waals surface area contributed by atoms with Gasteiger partial charge in [0.2, 0.25) is 0 Å². The highest BCUT2D eigenvalue weighted by molar-refractivity contribution is 5.70. The molecule has 2 atom stereocenters. The summed E-state index contributed by atoms with van der Waals surface area (Å²) in [7, 11) is 5.40. The predicted octanol–water partition coefficient (Wildman–Crippen LogP) is 13.4. The van der Waals surface area contributed by atoms with E-state index in [0.29, 0.717) is 6.42 Å². The standard InChI is InChI=1S/C55H95NO7/c1-6-8-10-12-14-16-18-20-22-24-25-26-27-28-29-30-32-33-35-37-39-41-43-45-53(57)62-50-51(49-61-48-47-52(55(59)60)56(3,4)5)63-54(58)46-44-42-40-38-36-34-31-23-21-19-17-15-13-11-9-7-2/h8,10,14,16,20,22-23,25-26,31,34,36,51-52H,6-7,9,11-13,15,17-19,21,24,27-30,32-33,35,37-50H2,1-5H3/b10-8+,16-14+,22-20+,26-25+,31-23+,36-34+. The van der Waals surface area contributed by atoms with Crippen molar-refractivity contribution < 1.29 is 38.2 Å². The van der Waals surface area contributed by atoms with E-state index in [9.17, 15) is 19.5 Å². The summed E-state index contributed by atoms with van der Waals surface area (Å²) in [5, 5.41) is 11.7. The largest absolute Gasteiger partial charge is 0.544 e. The van der Waals surface area contributed by atoms with Crippen LogP contribution in [0.3, 0.4) is 0 Å². The Bertz CT molecular complexity index is 1260. The highest BCUT2D eigenvalue weighted by Crippen LogP contribution is 2.14. The average molecular weight is 882 g/mol. The molecule has 0 aliphatic rings. The summed E-state index contributed by atoms with van der Waals surface area (Å²) in [4.78, 5) is 37.0. The first kappa shape index (κ1) is 59.8. The van der Waals surface area contributed by atoms with E-state index in [1.54, 1.807) is 21.1 Å². The minimum atomic E-state index is -1.13. The molecule has 0 aliphatic carbocycles. The third-order valence-electron chi connectivity index (χ3n) is 11.1. The third kappa shape index (κ3) is 43.8. The Morgan fingerprint density at radius 2 is 0.937 bits per heavy atom. The molecule has 0 aromatic heterocycles. The van der Waals surface area contributed by atoms with Crippen molar-refractivity contribution in [1.29, 1.82) is 0 Å². The summed E-state index contributed by atoms with van der Waals surface area (Å²) >= 11 is 0. The first-order valence-corrected chi connectivity index (χ1v) is 25.5. The number of aliphatic carboxylic acids is 1. The number of nitrogens with zero attached hydrogens (tertiary/aromatic N) is 1. The van der Waals surface area contributed by atoms with Gasteiger partial charge in [-0.05, 0) is 77.0 Å². The predicted molar refractivity (Wildman–Crippen MR) is 263 cm³/mol. The first-order chi connectivity index (χ1) is 30.6. The van der Waals surface area contributed by atoms with Gasteiger partial charge < -0.3 is 28.6 Å². The van der Waals surface area contributed by atoms with Crippen molar-refractivity contribution in [2.75, 3.05) is 41.0 Å². The Hall–Kier alpha value is -3.23. The fourth-order valence-corrected chi connectivity index (χ4v) is 7.17. The quantitative estimate of drug-likeness (QED) is 0.0197. The zero-order valence-electron chi connectivity index (χ0n) is 41.2. The van der Waals surface area contributed by atoms with Crippen LogP contribution < -0.4 is 5.11 Å². The molecule has 8 nitrogen and oxygen atoms in total. The van der Waals surface area contributed by atoms with Gasteiger partial charge in [-0.3, -0.25) is 9.59 Å². The summed E-state index contributed by atoms with van der Waals surface area (Å²) in [6.45, 7) is 4.52. The number of carbonyl (C=O) groups is 3. The molecule has 8 heteroatoms. The minimum absolute atomic E-state index is 0.0263. The van der Waals surface area contributed by atoms with Crippen molar-refractivity contribution in [2.24, 2.45) is 0 Å². The van der Waals surface area contributed by atoms with Crippen LogP contribution in [-0.4, -0.2) is 75.5 Å². The second-order valence-electron chi connectivity index (χ2n) is 18.1. The van der Waals surface area contributed by atoms with Gasteiger partial charge in [-0.1, -0.05) is 183 Å². The molecule has 0 N–H and O–H groups in total. The van der Waals surface area contributed by atoms with Crippen LogP contribution in [0.1, 0.15) is 206 Å². The molecule has 0 aromatic rings. The van der Waals surface area contributed by atoms with Gasteiger partial charge in [-0.25, -0.2) is 0 Å². The van der Waals surface area contributed by atoms with Gasteiger partial charge in [-0.2, -0.15) is 0 Å². The van der Waals surface area contributed by atoms with E-state index in [1.165, 1.54) is 96.3 Å². The van der Waals surface area contributed by atoms with Gasteiger partial charge in [0.1, 0.15) is 12.6 Å². The Labute approximate surface area is 387 Å². The summed E-state index contributed by atoms with van der Waals surface area (Å²) < 4.78 is 17.2. The number of unbranched alkanes of at least 4 members (excludes halogenated alkanes) is 20. The van der Waals surface area contributed by atoms with Crippen LogP contribution in [0.2, 0.25) is 0 Å². The van der Waals surface area contributed by atoms with Crippen LogP contribution >= 0.6 is 0 Å². The van der Waals surface area contributed by atoms with Crippen LogP contribution in [0.4, 0.5) is 0 Å². The third-order valence-corrected chi connectivity index (χ3v) is 11.1. The molecule has 0 amide bonds. The van der Waals surface area contributed by atoms with E-state index >= 15 is 0 Å². The topological polar surface area (TPSA) is 102 Å². The average Bonchev–Trinajstić information content (AvgIpc) is 3.24. The number of ether oxygens (including phenoxy) is 3. The van der Waals surface area contributed by atoms with Crippen LogP contribution in [0.5, 0.6) is 0 Å². The van der Waals surface area contributed by atoms with Crippen molar-refractivity contribution in [3.8, 4) is 0 Å². The molecule has 0 aromatic carbocycles. The van der Waals surface area contributed by atoms with Crippen LogP contribution in [0, 0.1) is 0 Å². The van der Waals surface area contributed by atoms with Crippen LogP contribution in [0.15, 0.2) is 72.9 Å². The normalized spacial score (nSPS) is 13.5. The Morgan fingerprint density at radius 3 is 1.43 bits per heavy atom. The molecule has 0 heterocycles. The highest BCUT2D eigenvalue weighted by Gasteiger charge is 2.25. The zero-order chi connectivity index (χ0) is 46.3. The Morgan fingerprint density at radius 1 is 0.508 bits per heavy atom. The molecule has 63 heavy (non-hydrogen) atoms. The maximum atomic E-state index is 12.8. The Kier molecular flexibility index (Phi) is 43.0. The molecule has 0 saturated carbocycles. The lowest BCUT2D eigenvalue weighted by Crippen LogP contribution is -2.55. The molecular weight excluding hydrogens is 787 g/mol. The second kappa shape index (κ2) is 45.3. The number of hydrogen-bond acceptors (Lipinski definition) is 7. The maximum absolute atomic E-state index is 12.8. The van der Waals surface area contributed by atoms with E-state index in [2.05, 4.69) is 86.8 Å². The first-order valence-electron chi connectivity index (χ1n) is 25.5. The summed E-state index contributed by atoms with van der Waals surface area (Å²) in [6, 6.07) is -0.734. The molecule has 0 rings (SSSR count). The molecule has 0 radical (unpaired) electrons. The lowest BCUT2D eigenvalue weighted by atomic mass is 10.1. The number of hydrogen-bond donors (Lipinski definition) is 0. The molecule has 2 unspecified atom stereocenters. The SMILES string of the molecule is CC/C=C/C/C=C/C/C=C/C/C=C/CCCCCCCCCCCCC(=O)OCC(COCCC(C(=O)[O-])[N+](C)(C)C)OC(=O)CCCCC/C=C/C=C/CCCCCCCCC. The van der Waals surface area contributed by atoms with Crippen molar-refractivity contribution in [3.05, 3.63) is 72.9 Å². The van der Waals surface area contributed by atoms with Gasteiger partial charge >= 0.3 is 11.9 Å². The lowest BCUT2D eigenvalue weighted by molar-refractivity contribution is -0.889. The van der Waals surface area contributed by atoms with E-state index < -0.39 is 18.1 Å². The molecule has 0 spiro atoms. The van der Waals surface area contributed by atoms with Crippen LogP contribution in [-0.2, 0) is 28.6 Å².